The average molecular weight is 683 g/mol. The number of hydrogen-bond acceptors (Lipinski definition) is 8. The van der Waals surface area contributed by atoms with Gasteiger partial charge in [0, 0.05) is 18.7 Å². The average Bonchev–Trinajstić information content (AvgIpc) is 3.29. The Hall–Kier alpha value is -5.71. The highest BCUT2D eigenvalue weighted by Crippen LogP contribution is 2.22. The molecule has 0 saturated carbocycles. The summed E-state index contributed by atoms with van der Waals surface area (Å²) in [5.74, 6) is -1.45. The van der Waals surface area contributed by atoms with Crippen LogP contribution >= 0.6 is 0 Å². The van der Waals surface area contributed by atoms with Crippen molar-refractivity contribution in [2.24, 2.45) is 0 Å². The van der Waals surface area contributed by atoms with Crippen LogP contribution in [0.15, 0.2) is 103 Å². The van der Waals surface area contributed by atoms with Gasteiger partial charge in [-0.3, -0.25) is 4.79 Å². The first kappa shape index (κ1) is 35.6. The van der Waals surface area contributed by atoms with Crippen molar-refractivity contribution in [2.75, 3.05) is 13.1 Å². The molecule has 5 rings (SSSR count). The number of carbonyl (C=O) groups is 4. The molecular formula is C39H39FN2O8. The Labute approximate surface area is 290 Å². The smallest absolute Gasteiger partial charge is 0.410 e. The molecule has 11 heteroatoms. The van der Waals surface area contributed by atoms with Crippen molar-refractivity contribution in [3.63, 3.8) is 0 Å². The zero-order chi connectivity index (χ0) is 35.7. The van der Waals surface area contributed by atoms with E-state index < -0.39 is 47.5 Å². The van der Waals surface area contributed by atoms with Crippen molar-refractivity contribution in [1.29, 1.82) is 0 Å². The highest BCUT2D eigenvalue weighted by Gasteiger charge is 2.35. The fourth-order valence-corrected chi connectivity index (χ4v) is 5.21. The van der Waals surface area contributed by atoms with Crippen LogP contribution in [0.1, 0.15) is 70.3 Å². The number of amides is 2. The van der Waals surface area contributed by atoms with E-state index >= 15 is 0 Å². The molecule has 1 aliphatic rings. The number of rotatable bonds is 9. The van der Waals surface area contributed by atoms with E-state index in [1.807, 2.05) is 30.3 Å². The number of hydrogen-bond donors (Lipinski definition) is 1. The number of nitrogens with one attached hydrogen (secondary N) is 1. The number of carbonyl (C=O) groups excluding carboxylic acids is 4. The second kappa shape index (κ2) is 16.1. The van der Waals surface area contributed by atoms with Crippen LogP contribution < -0.4 is 14.8 Å². The van der Waals surface area contributed by atoms with E-state index in [1.54, 1.807) is 45.0 Å². The third kappa shape index (κ3) is 10.1. The molecule has 260 valence electrons. The van der Waals surface area contributed by atoms with Crippen LogP contribution in [0.25, 0.3) is 0 Å². The number of benzene rings is 4. The molecule has 0 radical (unpaired) electrons. The number of esters is 2. The number of nitrogens with zero attached hydrogens (tertiary/aromatic N) is 1. The lowest BCUT2D eigenvalue weighted by atomic mass is 10.1. The lowest BCUT2D eigenvalue weighted by molar-refractivity contribution is 0.0127. The Morgan fingerprint density at radius 2 is 1.38 bits per heavy atom. The van der Waals surface area contributed by atoms with Gasteiger partial charge in [0.2, 0.25) is 0 Å². The van der Waals surface area contributed by atoms with E-state index in [-0.39, 0.29) is 23.4 Å². The second-order valence-electron chi connectivity index (χ2n) is 12.8. The molecule has 4 aromatic carbocycles. The third-order valence-corrected chi connectivity index (χ3v) is 7.75. The Morgan fingerprint density at radius 1 is 0.780 bits per heavy atom. The molecule has 10 nitrogen and oxygen atoms in total. The van der Waals surface area contributed by atoms with Crippen LogP contribution in [0.5, 0.6) is 11.5 Å². The van der Waals surface area contributed by atoms with Crippen molar-refractivity contribution in [2.45, 2.75) is 58.0 Å². The maximum Gasteiger partial charge on any atom is 0.410 e. The molecule has 1 aliphatic heterocycles. The SMILES string of the molecule is CC(C)(C)OC(=O)N1CCC[C@@H](OC(=O)c2ccc(OCc3ccccc3)cc2)[C@H](NC(=O)c2ccc(OC(=O)c3ccc(F)cc3)cc2)C1. The van der Waals surface area contributed by atoms with Crippen molar-refractivity contribution >= 4 is 23.9 Å². The van der Waals surface area contributed by atoms with Gasteiger partial charge < -0.3 is 29.2 Å². The Kier molecular flexibility index (Phi) is 11.5. The Bertz CT molecular complexity index is 1770. The minimum atomic E-state index is -0.772. The Balaban J connectivity index is 1.26. The normalized spacial score (nSPS) is 16.0. The summed E-state index contributed by atoms with van der Waals surface area (Å²) in [6.45, 7) is 6.07. The third-order valence-electron chi connectivity index (χ3n) is 7.75. The van der Waals surface area contributed by atoms with Crippen LogP contribution in [0, 0.1) is 5.82 Å². The highest BCUT2D eigenvalue weighted by atomic mass is 19.1. The van der Waals surface area contributed by atoms with Crippen LogP contribution in [0.3, 0.4) is 0 Å². The standard InChI is InChI=1S/C39H39FN2O8/c1-39(2,3)50-38(46)42-23-7-10-34(49-37(45)29-15-19-31(20-16-29)47-25-26-8-5-4-6-9-26)33(24-42)41-35(43)27-13-21-32(22-14-27)48-36(44)28-11-17-30(40)18-12-28/h4-6,8-9,11-22,33-34H,7,10,23-25H2,1-3H3,(H,41,43)/t33-,34-/m1/s1. The van der Waals surface area contributed by atoms with Gasteiger partial charge in [0.25, 0.3) is 5.91 Å². The molecule has 2 amide bonds. The summed E-state index contributed by atoms with van der Waals surface area (Å²) in [6, 6.07) is 26.4. The summed E-state index contributed by atoms with van der Waals surface area (Å²) in [7, 11) is 0. The maximum atomic E-state index is 13.5. The van der Waals surface area contributed by atoms with E-state index in [4.69, 9.17) is 18.9 Å². The number of likely N-dealkylation sites (tertiary alicyclic amines) is 1. The minimum absolute atomic E-state index is 0.0399. The van der Waals surface area contributed by atoms with Crippen molar-refractivity contribution in [3.05, 3.63) is 131 Å². The fraction of sp³-hybridized carbons (Fsp3) is 0.282. The minimum Gasteiger partial charge on any atom is -0.489 e. The summed E-state index contributed by atoms with van der Waals surface area (Å²) in [6.07, 6.45) is -0.415. The number of halogens is 1. The zero-order valence-electron chi connectivity index (χ0n) is 28.1. The first-order valence-electron chi connectivity index (χ1n) is 16.3. The summed E-state index contributed by atoms with van der Waals surface area (Å²) >= 11 is 0. The van der Waals surface area contributed by atoms with Crippen LogP contribution in [-0.4, -0.2) is 59.7 Å². The Morgan fingerprint density at radius 3 is 2.04 bits per heavy atom. The molecule has 1 N–H and O–H groups in total. The molecule has 2 atom stereocenters. The topological polar surface area (TPSA) is 120 Å². The van der Waals surface area contributed by atoms with E-state index in [9.17, 15) is 23.6 Å². The molecule has 0 bridgehead atoms. The first-order chi connectivity index (χ1) is 23.9. The molecule has 0 spiro atoms. The second-order valence-corrected chi connectivity index (χ2v) is 12.8. The van der Waals surface area contributed by atoms with Gasteiger partial charge in [-0.15, -0.1) is 0 Å². The fourth-order valence-electron chi connectivity index (χ4n) is 5.21. The van der Waals surface area contributed by atoms with Gasteiger partial charge >= 0.3 is 18.0 Å². The molecule has 0 unspecified atom stereocenters. The van der Waals surface area contributed by atoms with Crippen molar-refractivity contribution in [3.8, 4) is 11.5 Å². The maximum absolute atomic E-state index is 13.5. The molecule has 1 saturated heterocycles. The predicted octanol–water partition coefficient (Wildman–Crippen LogP) is 6.98. The van der Waals surface area contributed by atoms with Crippen LogP contribution in [-0.2, 0) is 16.1 Å². The predicted molar refractivity (Wildman–Crippen MR) is 183 cm³/mol. The van der Waals surface area contributed by atoms with Gasteiger partial charge in [-0.1, -0.05) is 30.3 Å². The van der Waals surface area contributed by atoms with Crippen molar-refractivity contribution in [1.82, 2.24) is 10.2 Å². The molecule has 1 heterocycles. The molecule has 0 aliphatic carbocycles. The molecule has 50 heavy (non-hydrogen) atoms. The zero-order valence-corrected chi connectivity index (χ0v) is 28.1. The lowest BCUT2D eigenvalue weighted by Gasteiger charge is -2.30. The monoisotopic (exact) mass is 682 g/mol. The van der Waals surface area contributed by atoms with Crippen molar-refractivity contribution < 1.29 is 42.5 Å². The van der Waals surface area contributed by atoms with Gasteiger partial charge in [0.05, 0.1) is 17.2 Å². The van der Waals surface area contributed by atoms with Gasteiger partial charge in [0.15, 0.2) is 0 Å². The summed E-state index contributed by atoms with van der Waals surface area (Å²) < 4.78 is 36.0. The number of ether oxygens (including phenoxy) is 4. The lowest BCUT2D eigenvalue weighted by Crippen LogP contribution is -2.51. The van der Waals surface area contributed by atoms with E-state index in [2.05, 4.69) is 5.32 Å². The summed E-state index contributed by atoms with van der Waals surface area (Å²) in [5, 5.41) is 2.93. The highest BCUT2D eigenvalue weighted by molar-refractivity contribution is 5.95. The van der Waals surface area contributed by atoms with E-state index in [0.29, 0.717) is 37.3 Å². The first-order valence-corrected chi connectivity index (χ1v) is 16.3. The van der Waals surface area contributed by atoms with Crippen LogP contribution in [0.2, 0.25) is 0 Å². The van der Waals surface area contributed by atoms with Gasteiger partial charge in [-0.25, -0.2) is 18.8 Å². The molecular weight excluding hydrogens is 643 g/mol. The van der Waals surface area contributed by atoms with E-state index in [0.717, 1.165) is 17.7 Å². The molecule has 0 aromatic heterocycles. The van der Waals surface area contributed by atoms with Crippen LogP contribution in [0.4, 0.5) is 9.18 Å². The van der Waals surface area contributed by atoms with E-state index in [1.165, 1.54) is 41.3 Å². The molecule has 1 fully saturated rings. The summed E-state index contributed by atoms with van der Waals surface area (Å²) in [4.78, 5) is 53.8. The summed E-state index contributed by atoms with van der Waals surface area (Å²) in [5.41, 5.74) is 1.01. The van der Waals surface area contributed by atoms with Gasteiger partial charge in [-0.2, -0.15) is 0 Å². The largest absolute Gasteiger partial charge is 0.489 e. The van der Waals surface area contributed by atoms with Gasteiger partial charge in [0.1, 0.15) is 35.6 Å². The quantitative estimate of drug-likeness (QED) is 0.148. The van der Waals surface area contributed by atoms with Gasteiger partial charge in [-0.05, 0) is 112 Å². The molecule has 4 aromatic rings.